The maximum Gasteiger partial charge on any atom is 0.291 e. The standard InChI is InChI=1S/C19H11N3O5S/c23-19-13-5-1-3-7-15(13)20(16-8-4-2-6-14(16)19)28-18-10-9-12(21(24)25)11-17(18)22(26)27/h1-11H. The first-order valence-electron chi connectivity index (χ1n) is 8.11. The minimum atomic E-state index is -0.675. The zero-order valence-electron chi connectivity index (χ0n) is 14.1. The van der Waals surface area contributed by atoms with Gasteiger partial charge >= 0.3 is 0 Å². The van der Waals surface area contributed by atoms with Crippen LogP contribution in [0.3, 0.4) is 0 Å². The second-order valence-electron chi connectivity index (χ2n) is 5.92. The number of rotatable bonds is 4. The van der Waals surface area contributed by atoms with Crippen LogP contribution in [0.25, 0.3) is 21.8 Å². The highest BCUT2D eigenvalue weighted by Gasteiger charge is 2.22. The van der Waals surface area contributed by atoms with E-state index in [1.54, 1.807) is 52.5 Å². The van der Waals surface area contributed by atoms with E-state index in [0.717, 1.165) is 18.0 Å². The van der Waals surface area contributed by atoms with Crippen LogP contribution < -0.4 is 5.43 Å². The van der Waals surface area contributed by atoms with Crippen LogP contribution in [0.15, 0.2) is 76.4 Å². The number of hydrogen-bond donors (Lipinski definition) is 0. The number of nitro benzene ring substituents is 2. The highest BCUT2D eigenvalue weighted by atomic mass is 32.2. The van der Waals surface area contributed by atoms with Gasteiger partial charge in [0.2, 0.25) is 0 Å². The SMILES string of the molecule is O=c1c2ccccc2n(Sc2ccc([N+](=O)[O-])cc2[N+](=O)[O-])c2ccccc12. The third kappa shape index (κ3) is 2.87. The molecule has 0 atom stereocenters. The fraction of sp³-hybridized carbons (Fsp3) is 0. The Bertz CT molecular complexity index is 1270. The third-order valence-corrected chi connectivity index (χ3v) is 5.39. The zero-order chi connectivity index (χ0) is 19.8. The summed E-state index contributed by atoms with van der Waals surface area (Å²) in [4.78, 5) is 34.1. The molecule has 0 spiro atoms. The molecule has 1 heterocycles. The normalized spacial score (nSPS) is 11.0. The van der Waals surface area contributed by atoms with Crippen molar-refractivity contribution in [3.8, 4) is 0 Å². The van der Waals surface area contributed by atoms with Crippen LogP contribution in [0.2, 0.25) is 0 Å². The number of non-ortho nitro benzene ring substituents is 1. The van der Waals surface area contributed by atoms with Gasteiger partial charge in [-0.05, 0) is 42.3 Å². The molecule has 0 fully saturated rings. The smallest absolute Gasteiger partial charge is 0.288 e. The molecule has 0 aliphatic heterocycles. The molecule has 9 heteroatoms. The molecule has 28 heavy (non-hydrogen) atoms. The van der Waals surface area contributed by atoms with Crippen molar-refractivity contribution in [1.29, 1.82) is 0 Å². The average molecular weight is 393 g/mol. The Balaban J connectivity index is 2.00. The van der Waals surface area contributed by atoms with Crippen LogP contribution in [0.1, 0.15) is 0 Å². The first-order chi connectivity index (χ1) is 13.5. The topological polar surface area (TPSA) is 108 Å². The first kappa shape index (κ1) is 17.7. The molecule has 0 radical (unpaired) electrons. The number of pyridine rings is 1. The molecule has 0 aliphatic rings. The number of para-hydroxylation sites is 2. The highest BCUT2D eigenvalue weighted by molar-refractivity contribution is 7.98. The molecule has 0 unspecified atom stereocenters. The van der Waals surface area contributed by atoms with E-state index >= 15 is 0 Å². The molecule has 1 aromatic heterocycles. The molecular weight excluding hydrogens is 382 g/mol. The summed E-state index contributed by atoms with van der Waals surface area (Å²) >= 11 is 1.04. The van der Waals surface area contributed by atoms with Crippen molar-refractivity contribution < 1.29 is 9.85 Å². The molecule has 0 bridgehead atoms. The number of aromatic nitrogens is 1. The molecule has 0 N–H and O–H groups in total. The number of benzene rings is 3. The van der Waals surface area contributed by atoms with E-state index < -0.39 is 9.85 Å². The zero-order valence-corrected chi connectivity index (χ0v) is 15.0. The summed E-state index contributed by atoms with van der Waals surface area (Å²) in [5, 5.41) is 23.4. The van der Waals surface area contributed by atoms with E-state index in [1.165, 1.54) is 12.1 Å². The van der Waals surface area contributed by atoms with Crippen molar-refractivity contribution in [3.63, 3.8) is 0 Å². The lowest BCUT2D eigenvalue weighted by molar-refractivity contribution is -0.396. The van der Waals surface area contributed by atoms with Gasteiger partial charge in [0.05, 0.1) is 26.9 Å². The van der Waals surface area contributed by atoms with Crippen LogP contribution in [-0.2, 0) is 0 Å². The van der Waals surface area contributed by atoms with Gasteiger partial charge in [-0.25, -0.2) is 0 Å². The monoisotopic (exact) mass is 393 g/mol. The molecule has 0 saturated heterocycles. The summed E-state index contributed by atoms with van der Waals surface area (Å²) in [5.41, 5.74) is 0.352. The summed E-state index contributed by atoms with van der Waals surface area (Å²) in [6, 6.07) is 17.5. The van der Waals surface area contributed by atoms with E-state index in [2.05, 4.69) is 0 Å². The van der Waals surface area contributed by atoms with Crippen molar-refractivity contribution in [2.45, 2.75) is 4.90 Å². The largest absolute Gasteiger partial charge is 0.291 e. The van der Waals surface area contributed by atoms with Gasteiger partial charge in [0.1, 0.15) is 4.90 Å². The molecule has 0 aliphatic carbocycles. The second-order valence-corrected chi connectivity index (χ2v) is 6.90. The molecule has 4 aromatic rings. The predicted octanol–water partition coefficient (Wildman–Crippen LogP) is 4.53. The summed E-state index contributed by atoms with van der Waals surface area (Å²) in [6.45, 7) is 0. The molecule has 0 amide bonds. The Morgan fingerprint density at radius 1 is 0.786 bits per heavy atom. The van der Waals surface area contributed by atoms with E-state index in [9.17, 15) is 25.0 Å². The predicted molar refractivity (Wildman–Crippen MR) is 107 cm³/mol. The summed E-state index contributed by atoms with van der Waals surface area (Å²) in [7, 11) is 0. The van der Waals surface area contributed by atoms with Gasteiger partial charge in [-0.2, -0.15) is 0 Å². The number of nitro groups is 2. The van der Waals surface area contributed by atoms with Crippen LogP contribution in [0, 0.1) is 20.2 Å². The second kappa shape index (κ2) is 6.78. The molecule has 3 aromatic carbocycles. The number of fused-ring (bicyclic) bond motifs is 2. The van der Waals surface area contributed by atoms with Crippen molar-refractivity contribution >= 4 is 45.1 Å². The Kier molecular flexibility index (Phi) is 4.28. The van der Waals surface area contributed by atoms with Gasteiger partial charge in [-0.15, -0.1) is 0 Å². The summed E-state index contributed by atoms with van der Waals surface area (Å²) < 4.78 is 1.74. The van der Waals surface area contributed by atoms with Gasteiger partial charge in [0, 0.05) is 16.8 Å². The minimum absolute atomic E-state index is 0.124. The van der Waals surface area contributed by atoms with Gasteiger partial charge < -0.3 is 0 Å². The maximum absolute atomic E-state index is 12.8. The van der Waals surface area contributed by atoms with Crippen molar-refractivity contribution in [2.24, 2.45) is 0 Å². The molecule has 0 saturated carbocycles. The van der Waals surface area contributed by atoms with Crippen LogP contribution in [0.5, 0.6) is 0 Å². The lowest BCUT2D eigenvalue weighted by atomic mass is 10.1. The number of nitrogens with zero attached hydrogens (tertiary/aromatic N) is 3. The maximum atomic E-state index is 12.8. The quantitative estimate of drug-likeness (QED) is 0.286. The summed E-state index contributed by atoms with van der Waals surface area (Å²) in [6.07, 6.45) is 0. The van der Waals surface area contributed by atoms with E-state index in [1.807, 2.05) is 0 Å². The van der Waals surface area contributed by atoms with Crippen molar-refractivity contribution in [3.05, 3.63) is 97.2 Å². The fourth-order valence-electron chi connectivity index (χ4n) is 3.00. The Labute approximate surface area is 161 Å². The van der Waals surface area contributed by atoms with Gasteiger partial charge in [-0.1, -0.05) is 24.3 Å². The van der Waals surface area contributed by atoms with Gasteiger partial charge in [0.25, 0.3) is 11.4 Å². The van der Waals surface area contributed by atoms with Crippen LogP contribution in [0.4, 0.5) is 11.4 Å². The Hall–Kier alpha value is -3.72. The van der Waals surface area contributed by atoms with E-state index in [4.69, 9.17) is 0 Å². The van der Waals surface area contributed by atoms with E-state index in [0.29, 0.717) is 21.8 Å². The Morgan fingerprint density at radius 3 is 1.89 bits per heavy atom. The summed E-state index contributed by atoms with van der Waals surface area (Å²) in [5.74, 6) is 0. The number of hydrogen-bond acceptors (Lipinski definition) is 6. The Morgan fingerprint density at radius 2 is 1.36 bits per heavy atom. The third-order valence-electron chi connectivity index (χ3n) is 4.27. The molecule has 138 valence electrons. The van der Waals surface area contributed by atoms with Crippen LogP contribution >= 0.6 is 11.9 Å². The first-order valence-corrected chi connectivity index (χ1v) is 8.88. The van der Waals surface area contributed by atoms with Crippen molar-refractivity contribution in [1.82, 2.24) is 3.97 Å². The fourth-order valence-corrected chi connectivity index (χ4v) is 4.06. The lowest BCUT2D eigenvalue weighted by Crippen LogP contribution is -2.08. The lowest BCUT2D eigenvalue weighted by Gasteiger charge is -2.14. The minimum Gasteiger partial charge on any atom is -0.288 e. The van der Waals surface area contributed by atoms with Crippen molar-refractivity contribution in [2.75, 3.05) is 0 Å². The van der Waals surface area contributed by atoms with Gasteiger partial charge in [-0.3, -0.25) is 29.0 Å². The van der Waals surface area contributed by atoms with Crippen LogP contribution in [-0.4, -0.2) is 13.8 Å². The molecule has 8 nitrogen and oxygen atoms in total. The average Bonchev–Trinajstić information content (AvgIpc) is 2.71. The highest BCUT2D eigenvalue weighted by Crippen LogP contribution is 2.36. The molecule has 4 rings (SSSR count). The van der Waals surface area contributed by atoms with E-state index in [-0.39, 0.29) is 21.7 Å². The van der Waals surface area contributed by atoms with Gasteiger partial charge in [0.15, 0.2) is 5.43 Å². The molecular formula is C19H11N3O5S.